The monoisotopic (exact) mass is 309 g/mol. The Balaban J connectivity index is 1.85. The first kappa shape index (κ1) is 16.7. The molecule has 1 heterocycles. The zero-order valence-electron chi connectivity index (χ0n) is 13.1. The lowest BCUT2D eigenvalue weighted by atomic mass is 10.1. The predicted molar refractivity (Wildman–Crippen MR) is 90.3 cm³/mol. The second-order valence-electron chi connectivity index (χ2n) is 5.45. The minimum atomic E-state index is 0.405. The topological polar surface area (TPSA) is 30.5 Å². The Bertz CT molecular complexity index is 390. The molecule has 0 amide bonds. The highest BCUT2D eigenvalue weighted by molar-refractivity contribution is 7.99. The van der Waals surface area contributed by atoms with Gasteiger partial charge in [-0.1, -0.05) is 19.1 Å². The standard InChI is InChI=1S/C17H27NO2S/c1-3-10-18-17(13-21-12-16-5-4-11-20-16)14-6-8-15(19-2)9-7-14/h6-9,16-18H,3-5,10-13H2,1-2H3. The summed E-state index contributed by atoms with van der Waals surface area (Å²) in [6, 6.07) is 8.82. The second kappa shape index (κ2) is 9.34. The molecule has 1 aliphatic rings. The summed E-state index contributed by atoms with van der Waals surface area (Å²) in [5.74, 6) is 3.12. The fourth-order valence-corrected chi connectivity index (χ4v) is 3.73. The lowest BCUT2D eigenvalue weighted by Gasteiger charge is -2.20. The lowest BCUT2D eigenvalue weighted by Crippen LogP contribution is -2.24. The molecule has 0 saturated carbocycles. The first-order valence-corrected chi connectivity index (χ1v) is 9.05. The van der Waals surface area contributed by atoms with E-state index in [1.807, 2.05) is 23.9 Å². The van der Waals surface area contributed by atoms with E-state index in [-0.39, 0.29) is 0 Å². The molecule has 1 fully saturated rings. The van der Waals surface area contributed by atoms with Crippen LogP contribution >= 0.6 is 11.8 Å². The van der Waals surface area contributed by atoms with Gasteiger partial charge in [0.15, 0.2) is 0 Å². The van der Waals surface area contributed by atoms with Gasteiger partial charge < -0.3 is 14.8 Å². The Morgan fingerprint density at radius 3 is 2.81 bits per heavy atom. The van der Waals surface area contributed by atoms with Gasteiger partial charge in [0, 0.05) is 24.2 Å². The maximum absolute atomic E-state index is 5.69. The van der Waals surface area contributed by atoms with Crippen LogP contribution < -0.4 is 10.1 Å². The van der Waals surface area contributed by atoms with Crippen LogP contribution in [0.2, 0.25) is 0 Å². The van der Waals surface area contributed by atoms with E-state index in [4.69, 9.17) is 9.47 Å². The molecule has 2 unspecified atom stereocenters. The number of nitrogens with one attached hydrogen (secondary N) is 1. The summed E-state index contributed by atoms with van der Waals surface area (Å²) in [7, 11) is 1.71. The number of ether oxygens (including phenoxy) is 2. The van der Waals surface area contributed by atoms with Gasteiger partial charge in [0.25, 0.3) is 0 Å². The van der Waals surface area contributed by atoms with Crippen molar-refractivity contribution in [1.82, 2.24) is 5.32 Å². The van der Waals surface area contributed by atoms with Gasteiger partial charge in [0.05, 0.1) is 13.2 Å². The van der Waals surface area contributed by atoms with Crippen LogP contribution in [0.1, 0.15) is 37.8 Å². The molecule has 0 aromatic heterocycles. The van der Waals surface area contributed by atoms with Crippen LogP contribution in [0.4, 0.5) is 0 Å². The van der Waals surface area contributed by atoms with Crippen LogP contribution in [-0.4, -0.2) is 37.9 Å². The molecule has 1 aromatic carbocycles. The van der Waals surface area contributed by atoms with Crippen LogP contribution in [0.15, 0.2) is 24.3 Å². The van der Waals surface area contributed by atoms with Crippen LogP contribution in [0, 0.1) is 0 Å². The molecule has 0 bridgehead atoms. The number of hydrogen-bond acceptors (Lipinski definition) is 4. The number of hydrogen-bond donors (Lipinski definition) is 1. The van der Waals surface area contributed by atoms with E-state index >= 15 is 0 Å². The maximum Gasteiger partial charge on any atom is 0.118 e. The molecule has 3 nitrogen and oxygen atoms in total. The molecule has 0 spiro atoms. The van der Waals surface area contributed by atoms with Crippen molar-refractivity contribution < 1.29 is 9.47 Å². The molecule has 2 atom stereocenters. The van der Waals surface area contributed by atoms with Crippen molar-refractivity contribution in [3.05, 3.63) is 29.8 Å². The van der Waals surface area contributed by atoms with Gasteiger partial charge in [-0.2, -0.15) is 11.8 Å². The molecule has 0 radical (unpaired) electrons. The molecule has 1 aliphatic heterocycles. The third-order valence-electron chi connectivity index (χ3n) is 3.77. The third kappa shape index (κ3) is 5.53. The maximum atomic E-state index is 5.69. The first-order valence-electron chi connectivity index (χ1n) is 7.90. The van der Waals surface area contributed by atoms with E-state index in [1.165, 1.54) is 18.4 Å². The van der Waals surface area contributed by atoms with E-state index in [2.05, 4.69) is 24.4 Å². The Labute approximate surface area is 132 Å². The normalized spacial score (nSPS) is 19.6. The van der Waals surface area contributed by atoms with Crippen molar-refractivity contribution in [2.75, 3.05) is 31.8 Å². The average Bonchev–Trinajstić information content (AvgIpc) is 3.04. The molecule has 1 aromatic rings. The average molecular weight is 309 g/mol. The van der Waals surface area contributed by atoms with E-state index < -0.39 is 0 Å². The van der Waals surface area contributed by atoms with Crippen LogP contribution in [0.25, 0.3) is 0 Å². The van der Waals surface area contributed by atoms with Gasteiger partial charge >= 0.3 is 0 Å². The number of methoxy groups -OCH3 is 1. The van der Waals surface area contributed by atoms with Crippen molar-refractivity contribution in [3.8, 4) is 5.75 Å². The van der Waals surface area contributed by atoms with Gasteiger partial charge in [-0.05, 0) is 43.5 Å². The smallest absolute Gasteiger partial charge is 0.118 e. The van der Waals surface area contributed by atoms with Gasteiger partial charge in [0.1, 0.15) is 5.75 Å². The summed E-state index contributed by atoms with van der Waals surface area (Å²) in [5.41, 5.74) is 1.34. The van der Waals surface area contributed by atoms with Crippen molar-refractivity contribution >= 4 is 11.8 Å². The minimum absolute atomic E-state index is 0.405. The molecule has 118 valence electrons. The predicted octanol–water partition coefficient (Wildman–Crippen LogP) is 3.65. The van der Waals surface area contributed by atoms with Crippen LogP contribution in [0.5, 0.6) is 5.75 Å². The first-order chi connectivity index (χ1) is 10.3. The highest BCUT2D eigenvalue weighted by Gasteiger charge is 2.17. The zero-order chi connectivity index (χ0) is 14.9. The molecular weight excluding hydrogens is 282 g/mol. The van der Waals surface area contributed by atoms with E-state index in [9.17, 15) is 0 Å². The highest BCUT2D eigenvalue weighted by atomic mass is 32.2. The summed E-state index contributed by atoms with van der Waals surface area (Å²) in [6.45, 7) is 4.20. The summed E-state index contributed by atoms with van der Waals surface area (Å²) < 4.78 is 10.9. The SMILES string of the molecule is CCCNC(CSCC1CCCO1)c1ccc(OC)cc1. The van der Waals surface area contributed by atoms with E-state index in [1.54, 1.807) is 7.11 Å². The van der Waals surface area contributed by atoms with Gasteiger partial charge in [-0.25, -0.2) is 0 Å². The van der Waals surface area contributed by atoms with Gasteiger partial charge in [-0.15, -0.1) is 0 Å². The fourth-order valence-electron chi connectivity index (χ4n) is 2.52. The van der Waals surface area contributed by atoms with Crippen LogP contribution in [-0.2, 0) is 4.74 Å². The van der Waals surface area contributed by atoms with Crippen molar-refractivity contribution in [3.63, 3.8) is 0 Å². The molecule has 1 N–H and O–H groups in total. The number of benzene rings is 1. The van der Waals surface area contributed by atoms with Crippen molar-refractivity contribution in [2.45, 2.75) is 38.3 Å². The summed E-state index contributed by atoms with van der Waals surface area (Å²) >= 11 is 2.00. The molecule has 0 aliphatic carbocycles. The largest absolute Gasteiger partial charge is 0.497 e. The molecule has 1 saturated heterocycles. The molecule has 2 rings (SSSR count). The van der Waals surface area contributed by atoms with Gasteiger partial charge in [-0.3, -0.25) is 0 Å². The Kier molecular flexibility index (Phi) is 7.41. The minimum Gasteiger partial charge on any atom is -0.497 e. The molecule has 21 heavy (non-hydrogen) atoms. The summed E-state index contributed by atoms with van der Waals surface area (Å²) in [5, 5.41) is 3.65. The lowest BCUT2D eigenvalue weighted by molar-refractivity contribution is 0.129. The van der Waals surface area contributed by atoms with Crippen LogP contribution in [0.3, 0.4) is 0 Å². The number of thioether (sulfide) groups is 1. The Hall–Kier alpha value is -0.710. The Morgan fingerprint density at radius 2 is 2.19 bits per heavy atom. The van der Waals surface area contributed by atoms with E-state index in [0.717, 1.165) is 36.8 Å². The summed E-state index contributed by atoms with van der Waals surface area (Å²) in [4.78, 5) is 0. The van der Waals surface area contributed by atoms with Crippen molar-refractivity contribution in [1.29, 1.82) is 0 Å². The second-order valence-corrected chi connectivity index (χ2v) is 6.53. The third-order valence-corrected chi connectivity index (χ3v) is 4.95. The number of rotatable bonds is 9. The molecular formula is C17H27NO2S. The molecule has 4 heteroatoms. The van der Waals surface area contributed by atoms with E-state index in [0.29, 0.717) is 12.1 Å². The Morgan fingerprint density at radius 1 is 1.38 bits per heavy atom. The van der Waals surface area contributed by atoms with Crippen molar-refractivity contribution in [2.24, 2.45) is 0 Å². The summed E-state index contributed by atoms with van der Waals surface area (Å²) in [6.07, 6.45) is 4.07. The quantitative estimate of drug-likeness (QED) is 0.754. The highest BCUT2D eigenvalue weighted by Crippen LogP contribution is 2.24. The zero-order valence-corrected chi connectivity index (χ0v) is 14.0. The van der Waals surface area contributed by atoms with Gasteiger partial charge in [0.2, 0.25) is 0 Å². The fraction of sp³-hybridized carbons (Fsp3) is 0.647.